The summed E-state index contributed by atoms with van der Waals surface area (Å²) in [5, 5.41) is -0.722. The number of halogens is 1. The summed E-state index contributed by atoms with van der Waals surface area (Å²) >= 11 is 0. The fourth-order valence-corrected chi connectivity index (χ4v) is 7.11. The lowest BCUT2D eigenvalue weighted by Gasteiger charge is -2.38. The summed E-state index contributed by atoms with van der Waals surface area (Å²) in [6.07, 6.45) is 1.18. The van der Waals surface area contributed by atoms with Crippen LogP contribution in [0.3, 0.4) is 0 Å². The molecule has 2 saturated heterocycles. The number of ether oxygens (including phenoxy) is 1. The lowest BCUT2D eigenvalue weighted by atomic mass is 10.0. The number of benzene rings is 2. The topological polar surface area (TPSA) is 70.2 Å². The number of piperazine rings is 1. The summed E-state index contributed by atoms with van der Waals surface area (Å²) < 4.78 is 49.2. The highest BCUT2D eigenvalue weighted by Crippen LogP contribution is 2.41. The molecule has 2 atom stereocenters. The molecular formula is C25H32FN3O4S. The van der Waals surface area contributed by atoms with E-state index in [0.29, 0.717) is 55.9 Å². The maximum Gasteiger partial charge on any atom is 0.221 e. The third kappa shape index (κ3) is 4.77. The van der Waals surface area contributed by atoms with E-state index >= 15 is 4.39 Å². The van der Waals surface area contributed by atoms with Crippen molar-refractivity contribution in [2.45, 2.75) is 44.5 Å². The van der Waals surface area contributed by atoms with E-state index in [2.05, 4.69) is 0 Å². The second-order valence-corrected chi connectivity index (χ2v) is 11.1. The largest absolute Gasteiger partial charge is 0.496 e. The predicted molar refractivity (Wildman–Crippen MR) is 130 cm³/mol. The van der Waals surface area contributed by atoms with E-state index in [1.807, 2.05) is 30.0 Å². The number of nitrogens with zero attached hydrogens (tertiary/aromatic N) is 3. The molecule has 2 heterocycles. The molecule has 2 fully saturated rings. The first-order chi connectivity index (χ1) is 16.2. The van der Waals surface area contributed by atoms with Crippen LogP contribution in [0.5, 0.6) is 5.75 Å². The predicted octanol–water partition coefficient (Wildman–Crippen LogP) is 3.56. The molecule has 0 saturated carbocycles. The van der Waals surface area contributed by atoms with Gasteiger partial charge in [0.25, 0.3) is 0 Å². The van der Waals surface area contributed by atoms with Gasteiger partial charge in [0.1, 0.15) is 16.8 Å². The fourth-order valence-electron chi connectivity index (χ4n) is 4.90. The Morgan fingerprint density at radius 2 is 1.79 bits per heavy atom. The maximum absolute atomic E-state index is 15.2. The Kier molecular flexibility index (Phi) is 7.14. The van der Waals surface area contributed by atoms with Gasteiger partial charge < -0.3 is 14.5 Å². The molecule has 184 valence electrons. The summed E-state index contributed by atoms with van der Waals surface area (Å²) in [6, 6.07) is 11.9. The van der Waals surface area contributed by atoms with Crippen LogP contribution < -0.4 is 9.64 Å². The Morgan fingerprint density at radius 3 is 2.44 bits per heavy atom. The van der Waals surface area contributed by atoms with Crippen LogP contribution in [0.15, 0.2) is 42.5 Å². The highest BCUT2D eigenvalue weighted by molar-refractivity contribution is 7.89. The van der Waals surface area contributed by atoms with E-state index in [1.54, 1.807) is 30.0 Å². The Labute approximate surface area is 201 Å². The van der Waals surface area contributed by atoms with Crippen molar-refractivity contribution in [3.8, 4) is 5.75 Å². The minimum atomic E-state index is -3.72. The summed E-state index contributed by atoms with van der Waals surface area (Å²) in [5.41, 5.74) is 1.73. The first kappa shape index (κ1) is 24.5. The molecular weight excluding hydrogens is 457 g/mol. The van der Waals surface area contributed by atoms with Gasteiger partial charge in [0.2, 0.25) is 15.9 Å². The maximum atomic E-state index is 15.2. The van der Waals surface area contributed by atoms with Gasteiger partial charge >= 0.3 is 0 Å². The number of methoxy groups -OCH3 is 1. The number of anilines is 1. The van der Waals surface area contributed by atoms with Gasteiger partial charge in [-0.3, -0.25) is 4.79 Å². The van der Waals surface area contributed by atoms with Crippen LogP contribution in [0.1, 0.15) is 43.1 Å². The number of sulfonamides is 1. The van der Waals surface area contributed by atoms with Crippen molar-refractivity contribution in [1.82, 2.24) is 9.21 Å². The van der Waals surface area contributed by atoms with Crippen LogP contribution in [0.25, 0.3) is 0 Å². The van der Waals surface area contributed by atoms with Crippen LogP contribution in [-0.2, 0) is 21.4 Å². The Hall–Kier alpha value is -2.65. The monoisotopic (exact) mass is 489 g/mol. The molecule has 2 aromatic carbocycles. The van der Waals surface area contributed by atoms with Gasteiger partial charge in [-0.1, -0.05) is 24.3 Å². The molecule has 2 aliphatic rings. The molecule has 0 bridgehead atoms. The smallest absolute Gasteiger partial charge is 0.221 e. The molecule has 0 spiro atoms. The Balaban J connectivity index is 1.54. The van der Waals surface area contributed by atoms with Gasteiger partial charge in [0, 0.05) is 62.5 Å². The summed E-state index contributed by atoms with van der Waals surface area (Å²) in [5.74, 6) is 0.170. The Morgan fingerprint density at radius 1 is 1.09 bits per heavy atom. The van der Waals surface area contributed by atoms with E-state index < -0.39 is 21.1 Å². The van der Waals surface area contributed by atoms with Crippen LogP contribution in [0.4, 0.5) is 10.1 Å². The normalized spacial score (nSPS) is 23.1. The van der Waals surface area contributed by atoms with Crippen LogP contribution in [0.2, 0.25) is 0 Å². The number of para-hydroxylation sites is 1. The van der Waals surface area contributed by atoms with Crippen molar-refractivity contribution >= 4 is 21.6 Å². The second kappa shape index (κ2) is 9.92. The van der Waals surface area contributed by atoms with E-state index in [9.17, 15) is 13.2 Å². The van der Waals surface area contributed by atoms with E-state index in [1.165, 1.54) is 17.5 Å². The summed E-state index contributed by atoms with van der Waals surface area (Å²) in [7, 11) is -2.19. The van der Waals surface area contributed by atoms with Crippen molar-refractivity contribution < 1.29 is 22.3 Å². The van der Waals surface area contributed by atoms with Gasteiger partial charge in [-0.15, -0.1) is 0 Å². The van der Waals surface area contributed by atoms with Gasteiger partial charge in [0.15, 0.2) is 0 Å². The van der Waals surface area contributed by atoms with Crippen LogP contribution >= 0.6 is 0 Å². The lowest BCUT2D eigenvalue weighted by Crippen LogP contribution is -2.48. The average Bonchev–Trinajstić information content (AvgIpc) is 2.82. The number of carbonyl (C=O) groups is 1. The van der Waals surface area contributed by atoms with Crippen molar-refractivity contribution in [1.29, 1.82) is 0 Å². The molecule has 9 heteroatoms. The lowest BCUT2D eigenvalue weighted by molar-refractivity contribution is -0.129. The molecule has 0 N–H and O–H groups in total. The van der Waals surface area contributed by atoms with Crippen molar-refractivity contribution in [3.63, 3.8) is 0 Å². The first-order valence-corrected chi connectivity index (χ1v) is 13.1. The van der Waals surface area contributed by atoms with Crippen molar-refractivity contribution in [2.24, 2.45) is 0 Å². The minimum Gasteiger partial charge on any atom is -0.496 e. The van der Waals surface area contributed by atoms with Gasteiger partial charge in [-0.25, -0.2) is 12.8 Å². The molecule has 1 amide bonds. The number of rotatable bonds is 5. The van der Waals surface area contributed by atoms with Crippen molar-refractivity contribution in [3.05, 3.63) is 59.4 Å². The SMILES string of the molecule is COc1ccccc1C1CC[C@H](C)N(Cc2ccc(N3CCN(C(C)=O)CC3)cc2F)S1(=O)=O. The third-order valence-corrected chi connectivity index (χ3v) is 9.31. The number of amides is 1. The van der Waals surface area contributed by atoms with Crippen molar-refractivity contribution in [2.75, 3.05) is 38.2 Å². The quantitative estimate of drug-likeness (QED) is 0.642. The molecule has 0 aromatic heterocycles. The molecule has 34 heavy (non-hydrogen) atoms. The van der Waals surface area contributed by atoms with Gasteiger partial charge in [-0.2, -0.15) is 4.31 Å². The van der Waals surface area contributed by atoms with Crippen LogP contribution in [-0.4, -0.2) is 62.9 Å². The van der Waals surface area contributed by atoms with E-state index in [-0.39, 0.29) is 18.5 Å². The summed E-state index contributed by atoms with van der Waals surface area (Å²) in [6.45, 7) is 5.89. The highest BCUT2D eigenvalue weighted by Gasteiger charge is 2.41. The van der Waals surface area contributed by atoms with Crippen LogP contribution in [0, 0.1) is 5.82 Å². The molecule has 2 aromatic rings. The zero-order chi connectivity index (χ0) is 24.5. The summed E-state index contributed by atoms with van der Waals surface area (Å²) in [4.78, 5) is 15.4. The number of hydrogen-bond acceptors (Lipinski definition) is 5. The standard InChI is InChI=1S/C25H32FN3O4S/c1-18-8-11-25(22-6-4-5-7-24(22)33-3)34(31,32)29(18)17-20-9-10-21(16-23(20)26)28-14-12-27(13-15-28)19(2)30/h4-7,9-10,16,18,25H,8,11-15,17H2,1-3H3/t18-,25?/m0/s1. The molecule has 1 unspecified atom stereocenters. The zero-order valence-corrected chi connectivity index (χ0v) is 20.7. The minimum absolute atomic E-state index is 0.0145. The third-order valence-electron chi connectivity index (χ3n) is 6.96. The van der Waals surface area contributed by atoms with Gasteiger partial charge in [-0.05, 0) is 38.0 Å². The molecule has 0 radical (unpaired) electrons. The fraction of sp³-hybridized carbons (Fsp3) is 0.480. The molecule has 2 aliphatic heterocycles. The second-order valence-electron chi connectivity index (χ2n) is 9.02. The van der Waals surface area contributed by atoms with E-state index in [0.717, 1.165) is 5.69 Å². The zero-order valence-electron chi connectivity index (χ0n) is 19.9. The number of hydrogen-bond donors (Lipinski definition) is 0. The number of carbonyl (C=O) groups excluding carboxylic acids is 1. The Bertz CT molecular complexity index is 1150. The average molecular weight is 490 g/mol. The molecule has 4 rings (SSSR count). The van der Waals surface area contributed by atoms with E-state index in [4.69, 9.17) is 4.74 Å². The highest BCUT2D eigenvalue weighted by atomic mass is 32.2. The molecule has 0 aliphatic carbocycles. The molecule has 7 nitrogen and oxygen atoms in total. The first-order valence-electron chi connectivity index (χ1n) is 11.6. The van der Waals surface area contributed by atoms with Gasteiger partial charge in [0.05, 0.1) is 7.11 Å².